The smallest absolute Gasteiger partial charge is 0.315 e. The van der Waals surface area contributed by atoms with Gasteiger partial charge in [-0.05, 0) is 24.7 Å². The van der Waals surface area contributed by atoms with Gasteiger partial charge in [0.15, 0.2) is 0 Å². The molecule has 1 unspecified atom stereocenters. The Morgan fingerprint density at radius 3 is 3.05 bits per heavy atom. The second-order valence-electron chi connectivity index (χ2n) is 6.79. The topological polar surface area (TPSA) is 63.2 Å². The van der Waals surface area contributed by atoms with E-state index in [1.165, 1.54) is 43.4 Å². The normalized spacial score (nSPS) is 25.5. The summed E-state index contributed by atoms with van der Waals surface area (Å²) in [6.07, 6.45) is 8.65. The molecule has 1 aromatic rings. The maximum atomic E-state index is 12.1. The minimum absolute atomic E-state index is 0.0446. The van der Waals surface area contributed by atoms with Crippen molar-refractivity contribution in [1.82, 2.24) is 15.6 Å². The van der Waals surface area contributed by atoms with E-state index in [2.05, 4.69) is 15.6 Å². The molecule has 1 atom stereocenters. The van der Waals surface area contributed by atoms with Crippen molar-refractivity contribution in [2.24, 2.45) is 5.41 Å². The van der Waals surface area contributed by atoms with Gasteiger partial charge in [0.25, 0.3) is 0 Å². The Kier molecular flexibility index (Phi) is 3.82. The monoisotopic (exact) mass is 321 g/mol. The lowest BCUT2D eigenvalue weighted by molar-refractivity contribution is 0.112. The number of hydrogen-bond donors (Lipinski definition) is 2. The third-order valence-corrected chi connectivity index (χ3v) is 6.35. The van der Waals surface area contributed by atoms with Crippen LogP contribution in [0.4, 0.5) is 4.79 Å². The number of rotatable bonds is 3. The van der Waals surface area contributed by atoms with E-state index in [1.54, 1.807) is 11.3 Å². The van der Waals surface area contributed by atoms with Crippen LogP contribution in [0, 0.1) is 5.41 Å². The summed E-state index contributed by atoms with van der Waals surface area (Å²) in [6.45, 7) is 1.95. The molecule has 4 rings (SSSR count). The van der Waals surface area contributed by atoms with Crippen LogP contribution in [0.2, 0.25) is 0 Å². The number of aromatic nitrogens is 1. The summed E-state index contributed by atoms with van der Waals surface area (Å²) < 4.78 is 5.43. The van der Waals surface area contributed by atoms with Gasteiger partial charge in [-0.1, -0.05) is 19.3 Å². The van der Waals surface area contributed by atoms with Gasteiger partial charge in [0.05, 0.1) is 30.3 Å². The van der Waals surface area contributed by atoms with Gasteiger partial charge in [0, 0.05) is 12.5 Å². The number of carbonyl (C=O) groups is 1. The van der Waals surface area contributed by atoms with Crippen LogP contribution in [0.3, 0.4) is 0 Å². The van der Waals surface area contributed by atoms with Crippen LogP contribution in [0.1, 0.15) is 54.1 Å². The number of amides is 2. The first kappa shape index (κ1) is 14.5. The number of ether oxygens (including phenoxy) is 1. The van der Waals surface area contributed by atoms with Gasteiger partial charge in [-0.2, -0.15) is 0 Å². The van der Waals surface area contributed by atoms with E-state index in [1.807, 2.05) is 0 Å². The van der Waals surface area contributed by atoms with E-state index >= 15 is 0 Å². The fraction of sp³-hybridized carbons (Fsp3) is 0.750. The van der Waals surface area contributed by atoms with Crippen molar-refractivity contribution >= 4 is 17.4 Å². The van der Waals surface area contributed by atoms with Gasteiger partial charge < -0.3 is 15.4 Å². The Bertz CT molecular complexity index is 542. The highest BCUT2D eigenvalue weighted by molar-refractivity contribution is 7.11. The highest BCUT2D eigenvalue weighted by Gasteiger charge is 2.54. The number of fused-ring (bicyclic) bond motifs is 1. The molecule has 120 valence electrons. The summed E-state index contributed by atoms with van der Waals surface area (Å²) in [7, 11) is 0. The number of thiazole rings is 1. The zero-order valence-electron chi connectivity index (χ0n) is 12.8. The molecule has 1 aromatic heterocycles. The third-order valence-electron chi connectivity index (χ3n) is 5.28. The van der Waals surface area contributed by atoms with Gasteiger partial charge in [0.1, 0.15) is 5.01 Å². The summed E-state index contributed by atoms with van der Waals surface area (Å²) in [5, 5.41) is 7.09. The van der Waals surface area contributed by atoms with E-state index in [4.69, 9.17) is 4.74 Å². The summed E-state index contributed by atoms with van der Waals surface area (Å²) in [5.74, 6) is 0. The number of carbonyl (C=O) groups excluding carboxylic acids is 1. The molecule has 6 heteroatoms. The van der Waals surface area contributed by atoms with E-state index in [0.29, 0.717) is 24.6 Å². The predicted octanol–water partition coefficient (Wildman–Crippen LogP) is 2.74. The average Bonchev–Trinajstić information content (AvgIpc) is 3.00. The Morgan fingerprint density at radius 1 is 1.36 bits per heavy atom. The van der Waals surface area contributed by atoms with Crippen LogP contribution in [-0.4, -0.2) is 23.7 Å². The zero-order valence-corrected chi connectivity index (χ0v) is 13.6. The van der Waals surface area contributed by atoms with Crippen molar-refractivity contribution in [3.63, 3.8) is 0 Å². The molecular formula is C16H23N3O2S. The van der Waals surface area contributed by atoms with Crippen molar-refractivity contribution in [3.05, 3.63) is 15.6 Å². The van der Waals surface area contributed by atoms with Gasteiger partial charge in [-0.15, -0.1) is 11.3 Å². The first-order valence-corrected chi connectivity index (χ1v) is 9.16. The van der Waals surface area contributed by atoms with Crippen LogP contribution >= 0.6 is 11.3 Å². The molecule has 0 saturated heterocycles. The van der Waals surface area contributed by atoms with E-state index < -0.39 is 0 Å². The molecule has 2 heterocycles. The first-order chi connectivity index (χ1) is 10.8. The first-order valence-electron chi connectivity index (χ1n) is 8.35. The van der Waals surface area contributed by atoms with Crippen molar-refractivity contribution in [1.29, 1.82) is 0 Å². The molecule has 1 aliphatic heterocycles. The highest BCUT2D eigenvalue weighted by atomic mass is 32.1. The predicted molar refractivity (Wildman–Crippen MR) is 84.8 cm³/mol. The van der Waals surface area contributed by atoms with Crippen molar-refractivity contribution in [2.45, 2.75) is 64.1 Å². The second kappa shape index (κ2) is 5.81. The highest BCUT2D eigenvalue weighted by Crippen LogP contribution is 2.56. The Labute approximate surface area is 134 Å². The Morgan fingerprint density at radius 2 is 2.23 bits per heavy atom. The molecule has 0 aromatic carbocycles. The minimum Gasteiger partial charge on any atom is -0.375 e. The maximum absolute atomic E-state index is 12.1. The van der Waals surface area contributed by atoms with Gasteiger partial charge in [-0.3, -0.25) is 0 Å². The lowest BCUT2D eigenvalue weighted by Crippen LogP contribution is -2.38. The molecule has 2 aliphatic carbocycles. The molecule has 2 saturated carbocycles. The van der Waals surface area contributed by atoms with Crippen LogP contribution < -0.4 is 10.6 Å². The quantitative estimate of drug-likeness (QED) is 0.900. The van der Waals surface area contributed by atoms with E-state index in [-0.39, 0.29) is 6.03 Å². The molecule has 22 heavy (non-hydrogen) atoms. The molecule has 0 bridgehead atoms. The molecule has 5 nitrogen and oxygen atoms in total. The maximum Gasteiger partial charge on any atom is 0.315 e. The number of nitrogens with one attached hydrogen (secondary N) is 2. The molecule has 2 N–H and O–H groups in total. The third kappa shape index (κ3) is 2.86. The van der Waals surface area contributed by atoms with Gasteiger partial charge >= 0.3 is 6.03 Å². The fourth-order valence-corrected chi connectivity index (χ4v) is 4.87. The van der Waals surface area contributed by atoms with Gasteiger partial charge in [0.2, 0.25) is 0 Å². The van der Waals surface area contributed by atoms with Crippen LogP contribution in [-0.2, 0) is 24.3 Å². The molecule has 0 radical (unpaired) electrons. The molecular weight excluding hydrogens is 298 g/mol. The Hall–Kier alpha value is -1.14. The minimum atomic E-state index is -0.0446. The lowest BCUT2D eigenvalue weighted by Gasteiger charge is -2.22. The van der Waals surface area contributed by atoms with Crippen LogP contribution in [0.25, 0.3) is 0 Å². The van der Waals surface area contributed by atoms with Crippen molar-refractivity contribution in [2.75, 3.05) is 6.61 Å². The summed E-state index contributed by atoms with van der Waals surface area (Å²) in [4.78, 5) is 17.9. The van der Waals surface area contributed by atoms with E-state index in [9.17, 15) is 4.79 Å². The molecule has 3 aliphatic rings. The number of hydrogen-bond acceptors (Lipinski definition) is 4. The standard InChI is InChI=1S/C16H23N3O2S/c20-15(19-13-8-16(13)5-2-1-3-6-16)17-9-14-18-11-4-7-21-10-12(11)22-14/h13H,1-10H2,(H2,17,19,20). The van der Waals surface area contributed by atoms with Gasteiger partial charge in [-0.25, -0.2) is 9.78 Å². The van der Waals surface area contributed by atoms with Crippen molar-refractivity contribution < 1.29 is 9.53 Å². The number of nitrogens with zero attached hydrogens (tertiary/aromatic N) is 1. The average molecular weight is 321 g/mol. The largest absolute Gasteiger partial charge is 0.375 e. The number of urea groups is 1. The van der Waals surface area contributed by atoms with E-state index in [0.717, 1.165) is 23.7 Å². The van der Waals surface area contributed by atoms with Crippen LogP contribution in [0.5, 0.6) is 0 Å². The second-order valence-corrected chi connectivity index (χ2v) is 7.95. The fourth-order valence-electron chi connectivity index (χ4n) is 3.88. The zero-order chi connectivity index (χ0) is 15.0. The van der Waals surface area contributed by atoms with Crippen LogP contribution in [0.15, 0.2) is 0 Å². The summed E-state index contributed by atoms with van der Waals surface area (Å²) >= 11 is 1.65. The van der Waals surface area contributed by atoms with Crippen molar-refractivity contribution in [3.8, 4) is 0 Å². The molecule has 2 amide bonds. The molecule has 1 spiro atoms. The molecule has 2 fully saturated rings. The lowest BCUT2D eigenvalue weighted by atomic mass is 9.86. The SMILES string of the molecule is O=C(NCc1nc2c(s1)COCC2)NC1CC12CCCCC2. The summed E-state index contributed by atoms with van der Waals surface area (Å²) in [5.41, 5.74) is 1.59. The summed E-state index contributed by atoms with van der Waals surface area (Å²) in [6, 6.07) is 0.350. The Balaban J connectivity index is 1.26.